The molecule has 0 atom stereocenters. The first kappa shape index (κ1) is 23.9. The van der Waals surface area contributed by atoms with Crippen LogP contribution in [-0.4, -0.2) is 4.57 Å². The molecule has 1 aromatic heterocycles. The fourth-order valence-corrected chi connectivity index (χ4v) is 7.21. The third kappa shape index (κ3) is 3.31. The standard InChI is InChI=1S/C35H25Cl2N3/c1-18-8-4-5-9-22(18)24-16-28-20(12-19(24)2)13-26-32(36)35-27(33(37)34(26)38-28)14-21-15-31-25(17-29(21)39-35)23-10-6-7-11-30(23)40(31)3/h4-12,15-17H,13-14H2,1-3H3. The second kappa shape index (κ2) is 8.54. The van der Waals surface area contributed by atoms with Gasteiger partial charge in [-0.25, -0.2) is 9.98 Å². The molecule has 3 nitrogen and oxygen atoms in total. The molecule has 194 valence electrons. The van der Waals surface area contributed by atoms with Gasteiger partial charge < -0.3 is 4.57 Å². The summed E-state index contributed by atoms with van der Waals surface area (Å²) < 4.78 is 2.25. The van der Waals surface area contributed by atoms with E-state index >= 15 is 0 Å². The molecule has 0 N–H and O–H groups in total. The number of hydrogen-bond acceptors (Lipinski definition) is 2. The summed E-state index contributed by atoms with van der Waals surface area (Å²) in [5.74, 6) is 0. The first-order valence-corrected chi connectivity index (χ1v) is 14.3. The summed E-state index contributed by atoms with van der Waals surface area (Å²) in [6.07, 6.45) is 1.35. The molecule has 0 aliphatic carbocycles. The predicted molar refractivity (Wildman–Crippen MR) is 165 cm³/mol. The molecule has 0 spiro atoms. The smallest absolute Gasteiger partial charge is 0.0878 e. The van der Waals surface area contributed by atoms with E-state index in [1.807, 2.05) is 0 Å². The predicted octanol–water partition coefficient (Wildman–Crippen LogP) is 8.63. The average Bonchev–Trinajstić information content (AvgIpc) is 3.24. The summed E-state index contributed by atoms with van der Waals surface area (Å²) in [5.41, 5.74) is 13.4. The normalized spacial score (nSPS) is 13.3. The summed E-state index contributed by atoms with van der Waals surface area (Å²) in [7, 11) is 2.12. The van der Waals surface area contributed by atoms with E-state index in [0.29, 0.717) is 22.9 Å². The van der Waals surface area contributed by atoms with Crippen molar-refractivity contribution in [1.29, 1.82) is 0 Å². The lowest BCUT2D eigenvalue weighted by atomic mass is 9.89. The SMILES string of the molecule is Cc1ccccc1-c1cc2c(cc1C)Cc1c(Cl)c3c(c(Cl)c1=N2)Cc1cc2c(cc1N=3)c1ccccc1n2C. The first-order valence-electron chi connectivity index (χ1n) is 13.5. The minimum absolute atomic E-state index is 0.657. The number of halogens is 2. The van der Waals surface area contributed by atoms with E-state index in [1.165, 1.54) is 44.1 Å². The Morgan fingerprint density at radius 3 is 1.98 bits per heavy atom. The monoisotopic (exact) mass is 557 g/mol. The molecule has 0 bridgehead atoms. The van der Waals surface area contributed by atoms with Crippen molar-refractivity contribution >= 4 is 56.4 Å². The van der Waals surface area contributed by atoms with Crippen molar-refractivity contribution in [3.8, 4) is 11.1 Å². The molecule has 0 saturated carbocycles. The lowest BCUT2D eigenvalue weighted by Crippen LogP contribution is -2.28. The zero-order valence-corrected chi connectivity index (χ0v) is 24.0. The van der Waals surface area contributed by atoms with Crippen molar-refractivity contribution < 1.29 is 0 Å². The lowest BCUT2D eigenvalue weighted by molar-refractivity contribution is 0.998. The average molecular weight is 559 g/mol. The van der Waals surface area contributed by atoms with Gasteiger partial charge in [-0.3, -0.25) is 0 Å². The number of aryl methyl sites for hydroxylation is 3. The molecule has 2 aliphatic rings. The minimum Gasteiger partial charge on any atom is -0.344 e. The molecule has 0 unspecified atom stereocenters. The highest BCUT2D eigenvalue weighted by atomic mass is 35.5. The second-order valence-corrected chi connectivity index (χ2v) is 11.8. The van der Waals surface area contributed by atoms with E-state index in [1.54, 1.807) is 0 Å². The first-order chi connectivity index (χ1) is 19.4. The Morgan fingerprint density at radius 2 is 1.25 bits per heavy atom. The molecule has 6 aromatic rings. The molecule has 2 aliphatic heterocycles. The van der Waals surface area contributed by atoms with Gasteiger partial charge in [-0.05, 0) is 71.5 Å². The molecule has 0 saturated heterocycles. The molecule has 5 heteroatoms. The van der Waals surface area contributed by atoms with Crippen LogP contribution in [-0.2, 0) is 19.9 Å². The van der Waals surface area contributed by atoms with Crippen LogP contribution in [0.15, 0.2) is 82.8 Å². The number of aromatic nitrogens is 1. The maximum absolute atomic E-state index is 7.16. The number of rotatable bonds is 1. The molecular formula is C35H25Cl2N3. The molecule has 0 radical (unpaired) electrons. The van der Waals surface area contributed by atoms with Gasteiger partial charge in [-0.15, -0.1) is 0 Å². The lowest BCUT2D eigenvalue weighted by Gasteiger charge is -2.22. The van der Waals surface area contributed by atoms with Gasteiger partial charge in [0.2, 0.25) is 0 Å². The summed E-state index contributed by atoms with van der Waals surface area (Å²) >= 11 is 14.3. The molecule has 3 heterocycles. The Hall–Kier alpha value is -3.92. The number of nitrogens with zero attached hydrogens (tertiary/aromatic N) is 3. The van der Waals surface area contributed by atoms with Crippen molar-refractivity contribution in [1.82, 2.24) is 4.57 Å². The zero-order valence-electron chi connectivity index (χ0n) is 22.4. The van der Waals surface area contributed by atoms with Gasteiger partial charge in [0, 0.05) is 52.8 Å². The summed E-state index contributed by atoms with van der Waals surface area (Å²) in [6.45, 7) is 4.32. The van der Waals surface area contributed by atoms with Gasteiger partial charge in [-0.1, -0.05) is 71.7 Å². The quantitative estimate of drug-likeness (QED) is 0.193. The number of benzene rings is 5. The van der Waals surface area contributed by atoms with E-state index in [9.17, 15) is 0 Å². The molecular weight excluding hydrogens is 533 g/mol. The fourth-order valence-electron chi connectivity index (χ4n) is 6.59. The third-order valence-electron chi connectivity index (χ3n) is 8.69. The van der Waals surface area contributed by atoms with E-state index < -0.39 is 0 Å². The molecule has 40 heavy (non-hydrogen) atoms. The van der Waals surface area contributed by atoms with E-state index in [-0.39, 0.29) is 0 Å². The van der Waals surface area contributed by atoms with E-state index in [2.05, 4.69) is 98.3 Å². The van der Waals surface area contributed by atoms with Crippen LogP contribution in [0.3, 0.4) is 0 Å². The Morgan fingerprint density at radius 1 is 0.625 bits per heavy atom. The summed E-state index contributed by atoms with van der Waals surface area (Å²) in [4.78, 5) is 10.2. The van der Waals surface area contributed by atoms with Crippen LogP contribution in [0.4, 0.5) is 11.4 Å². The topological polar surface area (TPSA) is 29.6 Å². The Bertz CT molecular complexity index is 2220. The van der Waals surface area contributed by atoms with Crippen molar-refractivity contribution in [2.45, 2.75) is 26.7 Å². The maximum atomic E-state index is 7.16. The van der Waals surface area contributed by atoms with E-state index in [4.69, 9.17) is 33.2 Å². The van der Waals surface area contributed by atoms with Crippen LogP contribution in [0, 0.1) is 13.8 Å². The molecule has 0 amide bonds. The highest BCUT2D eigenvalue weighted by molar-refractivity contribution is 6.34. The third-order valence-corrected chi connectivity index (χ3v) is 9.51. The Kier molecular flexibility index (Phi) is 5.11. The van der Waals surface area contributed by atoms with Gasteiger partial charge in [-0.2, -0.15) is 0 Å². The maximum Gasteiger partial charge on any atom is 0.0878 e. The number of para-hydroxylation sites is 1. The van der Waals surface area contributed by atoms with Crippen LogP contribution in [0.2, 0.25) is 10.0 Å². The Balaban J connectivity index is 1.34. The highest BCUT2D eigenvalue weighted by Gasteiger charge is 2.26. The van der Waals surface area contributed by atoms with Gasteiger partial charge in [0.25, 0.3) is 0 Å². The second-order valence-electron chi connectivity index (χ2n) is 11.0. The molecule has 8 rings (SSSR count). The minimum atomic E-state index is 0.657. The van der Waals surface area contributed by atoms with Gasteiger partial charge in [0.05, 0.1) is 32.1 Å². The molecule has 0 fully saturated rings. The number of hydrogen-bond donors (Lipinski definition) is 0. The zero-order chi connectivity index (χ0) is 27.3. The van der Waals surface area contributed by atoms with Crippen molar-refractivity contribution in [2.24, 2.45) is 17.0 Å². The summed E-state index contributed by atoms with van der Waals surface area (Å²) in [5, 5.41) is 5.31. The van der Waals surface area contributed by atoms with Crippen molar-refractivity contribution in [3.05, 3.63) is 127 Å². The highest BCUT2D eigenvalue weighted by Crippen LogP contribution is 2.39. The van der Waals surface area contributed by atoms with E-state index in [0.717, 1.165) is 44.3 Å². The van der Waals surface area contributed by atoms with Gasteiger partial charge in [0.15, 0.2) is 0 Å². The van der Waals surface area contributed by atoms with Crippen LogP contribution < -0.4 is 10.7 Å². The van der Waals surface area contributed by atoms with Crippen molar-refractivity contribution in [2.75, 3.05) is 0 Å². The fraction of sp³-hybridized carbons (Fsp3) is 0.143. The largest absolute Gasteiger partial charge is 0.344 e. The molecule has 5 aromatic carbocycles. The van der Waals surface area contributed by atoms with Crippen LogP contribution in [0.1, 0.15) is 33.4 Å². The van der Waals surface area contributed by atoms with Gasteiger partial charge >= 0.3 is 0 Å². The van der Waals surface area contributed by atoms with Crippen LogP contribution in [0.5, 0.6) is 0 Å². The van der Waals surface area contributed by atoms with Crippen LogP contribution in [0.25, 0.3) is 32.9 Å². The van der Waals surface area contributed by atoms with Gasteiger partial charge in [0.1, 0.15) is 0 Å². The number of fused-ring (bicyclic) bond motifs is 7. The Labute approximate surface area is 242 Å². The summed E-state index contributed by atoms with van der Waals surface area (Å²) in [6, 6.07) is 25.9. The van der Waals surface area contributed by atoms with Crippen molar-refractivity contribution in [3.63, 3.8) is 0 Å². The van der Waals surface area contributed by atoms with Crippen LogP contribution >= 0.6 is 23.2 Å².